The fourth-order valence-electron chi connectivity index (χ4n) is 1.10. The van der Waals surface area contributed by atoms with Crippen molar-refractivity contribution in [1.82, 2.24) is 4.98 Å². The standard InChI is InChI=1S/C11H16N2O3S/c1-6(2)10(15)13-11-12-7(3)8(17-11)5-9(14)16-4/h6H,5H2,1-4H3,(H,12,13,15). The Labute approximate surface area is 104 Å². The average molecular weight is 256 g/mol. The first-order chi connectivity index (χ1) is 7.93. The summed E-state index contributed by atoms with van der Waals surface area (Å²) in [6.45, 7) is 5.43. The van der Waals surface area contributed by atoms with Crippen LogP contribution in [0.25, 0.3) is 0 Å². The molecule has 0 aromatic carbocycles. The van der Waals surface area contributed by atoms with Crippen LogP contribution in [0, 0.1) is 12.8 Å². The number of amides is 1. The first-order valence-electron chi connectivity index (χ1n) is 5.28. The Morgan fingerprint density at radius 2 is 2.12 bits per heavy atom. The molecule has 1 aromatic heterocycles. The molecule has 0 aliphatic rings. The van der Waals surface area contributed by atoms with Crippen molar-refractivity contribution in [1.29, 1.82) is 0 Å². The van der Waals surface area contributed by atoms with Crippen molar-refractivity contribution in [2.45, 2.75) is 27.2 Å². The highest BCUT2D eigenvalue weighted by atomic mass is 32.1. The van der Waals surface area contributed by atoms with Gasteiger partial charge in [0.2, 0.25) is 5.91 Å². The number of carbonyl (C=O) groups is 2. The summed E-state index contributed by atoms with van der Waals surface area (Å²) in [6.07, 6.45) is 0.192. The van der Waals surface area contributed by atoms with E-state index in [-0.39, 0.29) is 24.2 Å². The highest BCUT2D eigenvalue weighted by Crippen LogP contribution is 2.23. The molecule has 0 fully saturated rings. The van der Waals surface area contributed by atoms with Gasteiger partial charge in [0.25, 0.3) is 0 Å². The molecule has 0 saturated heterocycles. The molecule has 94 valence electrons. The second-order valence-electron chi connectivity index (χ2n) is 3.92. The lowest BCUT2D eigenvalue weighted by atomic mass is 10.2. The number of aromatic nitrogens is 1. The van der Waals surface area contributed by atoms with Crippen LogP contribution < -0.4 is 5.32 Å². The van der Waals surface area contributed by atoms with Gasteiger partial charge in [-0.1, -0.05) is 13.8 Å². The summed E-state index contributed by atoms with van der Waals surface area (Å²) < 4.78 is 4.59. The van der Waals surface area contributed by atoms with Gasteiger partial charge in [-0.3, -0.25) is 9.59 Å². The molecule has 1 amide bonds. The third kappa shape index (κ3) is 3.81. The number of hydrogen-bond donors (Lipinski definition) is 1. The van der Waals surface area contributed by atoms with Crippen molar-refractivity contribution in [3.05, 3.63) is 10.6 Å². The molecule has 5 nitrogen and oxygen atoms in total. The van der Waals surface area contributed by atoms with Gasteiger partial charge in [-0.2, -0.15) is 0 Å². The van der Waals surface area contributed by atoms with Gasteiger partial charge in [-0.15, -0.1) is 11.3 Å². The van der Waals surface area contributed by atoms with Crippen LogP contribution in [0.2, 0.25) is 0 Å². The summed E-state index contributed by atoms with van der Waals surface area (Å²) in [5, 5.41) is 3.24. The molecule has 6 heteroatoms. The van der Waals surface area contributed by atoms with Gasteiger partial charge in [0.05, 0.1) is 19.2 Å². The van der Waals surface area contributed by atoms with E-state index >= 15 is 0 Å². The van der Waals surface area contributed by atoms with Crippen molar-refractivity contribution in [2.24, 2.45) is 5.92 Å². The monoisotopic (exact) mass is 256 g/mol. The van der Waals surface area contributed by atoms with Crippen LogP contribution >= 0.6 is 11.3 Å². The number of aryl methyl sites for hydroxylation is 1. The summed E-state index contributed by atoms with van der Waals surface area (Å²) in [7, 11) is 1.35. The van der Waals surface area contributed by atoms with E-state index in [1.165, 1.54) is 18.4 Å². The van der Waals surface area contributed by atoms with Gasteiger partial charge in [-0.25, -0.2) is 4.98 Å². The van der Waals surface area contributed by atoms with Crippen molar-refractivity contribution < 1.29 is 14.3 Å². The van der Waals surface area contributed by atoms with E-state index in [1.54, 1.807) is 6.92 Å². The molecule has 1 aromatic rings. The number of rotatable bonds is 4. The van der Waals surface area contributed by atoms with Crippen LogP contribution in [-0.4, -0.2) is 24.0 Å². The maximum absolute atomic E-state index is 11.5. The highest BCUT2D eigenvalue weighted by Gasteiger charge is 2.14. The normalized spacial score (nSPS) is 10.4. The van der Waals surface area contributed by atoms with Gasteiger partial charge in [-0.05, 0) is 6.92 Å². The zero-order chi connectivity index (χ0) is 13.0. The zero-order valence-electron chi connectivity index (χ0n) is 10.4. The molecule has 0 bridgehead atoms. The Balaban J connectivity index is 2.74. The molecule has 0 unspecified atom stereocenters. The number of anilines is 1. The molecule has 0 atom stereocenters. The molecular formula is C11H16N2O3S. The number of hydrogen-bond acceptors (Lipinski definition) is 5. The van der Waals surface area contributed by atoms with Gasteiger partial charge in [0.1, 0.15) is 0 Å². The van der Waals surface area contributed by atoms with Gasteiger partial charge >= 0.3 is 5.97 Å². The number of ether oxygens (including phenoxy) is 1. The molecule has 0 radical (unpaired) electrons. The third-order valence-electron chi connectivity index (χ3n) is 2.18. The molecule has 0 aliphatic heterocycles. The number of esters is 1. The fourth-order valence-corrected chi connectivity index (χ4v) is 2.05. The predicted molar refractivity (Wildman–Crippen MR) is 66.0 cm³/mol. The minimum absolute atomic E-state index is 0.0802. The fraction of sp³-hybridized carbons (Fsp3) is 0.545. The molecule has 0 saturated carbocycles. The van der Waals surface area contributed by atoms with Crippen molar-refractivity contribution >= 4 is 28.3 Å². The van der Waals surface area contributed by atoms with Gasteiger partial charge in [0.15, 0.2) is 5.13 Å². The van der Waals surface area contributed by atoms with Crippen molar-refractivity contribution in [3.8, 4) is 0 Å². The SMILES string of the molecule is COC(=O)Cc1sc(NC(=O)C(C)C)nc1C. The van der Waals surface area contributed by atoms with E-state index in [0.717, 1.165) is 10.6 Å². The van der Waals surface area contributed by atoms with Crippen LogP contribution in [0.1, 0.15) is 24.4 Å². The van der Waals surface area contributed by atoms with Crippen LogP contribution in [0.15, 0.2) is 0 Å². The summed E-state index contributed by atoms with van der Waals surface area (Å²) in [6, 6.07) is 0. The topological polar surface area (TPSA) is 68.3 Å². The van der Waals surface area contributed by atoms with Crippen LogP contribution in [0.3, 0.4) is 0 Å². The minimum atomic E-state index is -0.307. The number of nitrogens with zero attached hydrogens (tertiary/aromatic N) is 1. The zero-order valence-corrected chi connectivity index (χ0v) is 11.2. The Morgan fingerprint density at radius 1 is 1.47 bits per heavy atom. The van der Waals surface area contributed by atoms with Crippen molar-refractivity contribution in [3.63, 3.8) is 0 Å². The van der Waals surface area contributed by atoms with E-state index in [0.29, 0.717) is 5.13 Å². The van der Waals surface area contributed by atoms with Crippen molar-refractivity contribution in [2.75, 3.05) is 12.4 Å². The molecular weight excluding hydrogens is 240 g/mol. The largest absolute Gasteiger partial charge is 0.469 e. The smallest absolute Gasteiger partial charge is 0.310 e. The Morgan fingerprint density at radius 3 is 2.65 bits per heavy atom. The predicted octanol–water partition coefficient (Wildman–Crippen LogP) is 1.76. The highest BCUT2D eigenvalue weighted by molar-refractivity contribution is 7.16. The first-order valence-corrected chi connectivity index (χ1v) is 6.09. The summed E-state index contributed by atoms with van der Waals surface area (Å²) >= 11 is 1.31. The van der Waals surface area contributed by atoms with E-state index in [2.05, 4.69) is 15.0 Å². The van der Waals surface area contributed by atoms with Crippen LogP contribution in [-0.2, 0) is 20.7 Å². The maximum Gasteiger partial charge on any atom is 0.310 e. The summed E-state index contributed by atoms with van der Waals surface area (Å²) in [5.41, 5.74) is 0.749. The second kappa shape index (κ2) is 5.77. The Kier molecular flexibility index (Phi) is 4.62. The molecule has 1 N–H and O–H groups in total. The van der Waals surface area contributed by atoms with Gasteiger partial charge in [0, 0.05) is 10.8 Å². The molecule has 17 heavy (non-hydrogen) atoms. The second-order valence-corrected chi connectivity index (χ2v) is 5.01. The lowest BCUT2D eigenvalue weighted by Crippen LogP contribution is -2.17. The molecule has 0 aliphatic carbocycles. The number of methoxy groups -OCH3 is 1. The number of nitrogens with one attached hydrogen (secondary N) is 1. The number of carbonyl (C=O) groups excluding carboxylic acids is 2. The number of thiazole rings is 1. The third-order valence-corrected chi connectivity index (χ3v) is 3.25. The quantitative estimate of drug-likeness (QED) is 0.833. The van der Waals surface area contributed by atoms with Crippen LogP contribution in [0.4, 0.5) is 5.13 Å². The van der Waals surface area contributed by atoms with E-state index in [1.807, 2.05) is 13.8 Å². The lowest BCUT2D eigenvalue weighted by Gasteiger charge is -2.02. The van der Waals surface area contributed by atoms with E-state index < -0.39 is 0 Å². The van der Waals surface area contributed by atoms with Crippen LogP contribution in [0.5, 0.6) is 0 Å². The summed E-state index contributed by atoms with van der Waals surface area (Å²) in [5.74, 6) is -0.481. The Bertz CT molecular complexity index is 426. The minimum Gasteiger partial charge on any atom is -0.469 e. The average Bonchev–Trinajstić information content (AvgIpc) is 2.58. The van der Waals surface area contributed by atoms with Gasteiger partial charge < -0.3 is 10.1 Å². The van der Waals surface area contributed by atoms with E-state index in [9.17, 15) is 9.59 Å². The molecule has 0 spiro atoms. The summed E-state index contributed by atoms with van der Waals surface area (Å²) in [4.78, 5) is 27.6. The lowest BCUT2D eigenvalue weighted by molar-refractivity contribution is -0.139. The molecule has 1 heterocycles. The first kappa shape index (κ1) is 13.6. The Hall–Kier alpha value is -1.43. The molecule has 1 rings (SSSR count). The maximum atomic E-state index is 11.5. The van der Waals surface area contributed by atoms with E-state index in [4.69, 9.17) is 0 Å².